The van der Waals surface area contributed by atoms with Crippen LogP contribution in [0.3, 0.4) is 0 Å². The van der Waals surface area contributed by atoms with Crippen molar-refractivity contribution in [3.8, 4) is 10.6 Å². The van der Waals surface area contributed by atoms with Crippen molar-refractivity contribution in [3.05, 3.63) is 72.6 Å². The molecule has 1 amide bonds. The van der Waals surface area contributed by atoms with E-state index in [4.69, 9.17) is 4.98 Å². The molecule has 148 valence electrons. The van der Waals surface area contributed by atoms with Crippen molar-refractivity contribution in [2.75, 3.05) is 5.32 Å². The number of para-hydroxylation sites is 1. The van der Waals surface area contributed by atoms with Gasteiger partial charge in [-0.25, -0.2) is 14.6 Å². The normalized spacial score (nSPS) is 11.4. The fraction of sp³-hybridized carbons (Fsp3) is 0.130. The number of aromatic nitrogens is 4. The van der Waals surface area contributed by atoms with Gasteiger partial charge in [-0.2, -0.15) is 5.10 Å². The maximum absolute atomic E-state index is 12.8. The van der Waals surface area contributed by atoms with Gasteiger partial charge in [-0.1, -0.05) is 24.3 Å². The van der Waals surface area contributed by atoms with Crippen LogP contribution in [-0.4, -0.2) is 25.7 Å². The number of thiazole rings is 1. The van der Waals surface area contributed by atoms with Gasteiger partial charge >= 0.3 is 0 Å². The molecule has 0 fully saturated rings. The van der Waals surface area contributed by atoms with Crippen LogP contribution in [-0.2, 0) is 0 Å². The zero-order valence-electron chi connectivity index (χ0n) is 16.5. The number of nitrogens with zero attached hydrogens (tertiary/aromatic N) is 4. The minimum absolute atomic E-state index is 0.205. The van der Waals surface area contributed by atoms with E-state index in [1.165, 1.54) is 0 Å². The maximum Gasteiger partial charge on any atom is 0.257 e. The molecule has 0 radical (unpaired) electrons. The highest BCUT2D eigenvalue weighted by Gasteiger charge is 2.13. The summed E-state index contributed by atoms with van der Waals surface area (Å²) in [7, 11) is 0. The number of nitrogens with one attached hydrogen (secondary N) is 1. The Bertz CT molecular complexity index is 1350. The van der Waals surface area contributed by atoms with Gasteiger partial charge in [0.25, 0.3) is 5.91 Å². The predicted octanol–water partition coefficient (Wildman–Crippen LogP) is 5.54. The summed E-state index contributed by atoms with van der Waals surface area (Å²) < 4.78 is 2.99. The summed E-state index contributed by atoms with van der Waals surface area (Å²) in [6.07, 6.45) is 3.34. The summed E-state index contributed by atoms with van der Waals surface area (Å²) in [5, 5.41) is 9.10. The molecule has 0 aliphatic heterocycles. The minimum atomic E-state index is -0.205. The van der Waals surface area contributed by atoms with Crippen molar-refractivity contribution in [3.63, 3.8) is 0 Å². The molecule has 0 spiro atoms. The van der Waals surface area contributed by atoms with E-state index in [0.29, 0.717) is 5.56 Å². The van der Waals surface area contributed by atoms with Crippen LogP contribution in [0.15, 0.2) is 67.0 Å². The Morgan fingerprint density at radius 3 is 2.77 bits per heavy atom. The number of carbonyl (C=O) groups is 1. The van der Waals surface area contributed by atoms with E-state index in [0.717, 1.165) is 37.5 Å². The van der Waals surface area contributed by atoms with E-state index in [-0.39, 0.29) is 11.9 Å². The lowest BCUT2D eigenvalue weighted by atomic mass is 10.2. The van der Waals surface area contributed by atoms with E-state index >= 15 is 0 Å². The summed E-state index contributed by atoms with van der Waals surface area (Å²) in [5.41, 5.74) is 3.94. The number of hydrogen-bond acceptors (Lipinski definition) is 5. The molecule has 30 heavy (non-hydrogen) atoms. The number of pyridine rings is 1. The number of amides is 1. The van der Waals surface area contributed by atoms with E-state index in [1.807, 2.05) is 67.1 Å². The van der Waals surface area contributed by atoms with Gasteiger partial charge in [-0.3, -0.25) is 4.79 Å². The van der Waals surface area contributed by atoms with Crippen molar-refractivity contribution in [1.82, 2.24) is 19.7 Å². The first kappa shape index (κ1) is 18.4. The number of carbonyl (C=O) groups excluding carboxylic acids is 1. The van der Waals surface area contributed by atoms with Gasteiger partial charge in [-0.15, -0.1) is 11.3 Å². The fourth-order valence-electron chi connectivity index (χ4n) is 3.37. The molecule has 0 unspecified atom stereocenters. The summed E-state index contributed by atoms with van der Waals surface area (Å²) in [6.45, 7) is 4.10. The molecule has 5 aromatic rings. The highest BCUT2D eigenvalue weighted by molar-refractivity contribution is 7.21. The van der Waals surface area contributed by atoms with Gasteiger partial charge < -0.3 is 5.32 Å². The van der Waals surface area contributed by atoms with Crippen molar-refractivity contribution in [1.29, 1.82) is 0 Å². The molecule has 0 aliphatic rings. The number of benzene rings is 2. The molecule has 5 rings (SSSR count). The van der Waals surface area contributed by atoms with Crippen molar-refractivity contribution in [2.45, 2.75) is 19.9 Å². The number of fused-ring (bicyclic) bond motifs is 2. The first-order chi connectivity index (χ1) is 14.6. The van der Waals surface area contributed by atoms with Crippen molar-refractivity contribution >= 4 is 44.2 Å². The van der Waals surface area contributed by atoms with E-state index in [2.05, 4.69) is 21.5 Å². The molecule has 0 atom stereocenters. The first-order valence-electron chi connectivity index (χ1n) is 9.69. The Labute approximate surface area is 177 Å². The molecule has 1 N–H and O–H groups in total. The zero-order valence-corrected chi connectivity index (χ0v) is 17.4. The molecule has 0 bridgehead atoms. The Balaban J connectivity index is 1.41. The van der Waals surface area contributed by atoms with Gasteiger partial charge in [0.05, 0.1) is 22.0 Å². The molecule has 2 aromatic carbocycles. The molecule has 0 aliphatic carbocycles. The molecule has 0 saturated carbocycles. The second kappa shape index (κ2) is 7.35. The highest BCUT2D eigenvalue weighted by atomic mass is 32.1. The standard InChI is InChI=1S/C23H19N5OS/c1-14(2)28-21-16(13-25-28)10-17(12-24-21)22(29)26-18-7-5-6-15(11-18)23-27-19-8-3-4-9-20(19)30-23/h3-14H,1-2H3,(H,26,29). The summed E-state index contributed by atoms with van der Waals surface area (Å²) in [5.74, 6) is -0.205. The van der Waals surface area contributed by atoms with Crippen LogP contribution in [0.2, 0.25) is 0 Å². The van der Waals surface area contributed by atoms with E-state index < -0.39 is 0 Å². The largest absolute Gasteiger partial charge is 0.322 e. The summed E-state index contributed by atoms with van der Waals surface area (Å²) in [4.78, 5) is 21.9. The van der Waals surface area contributed by atoms with Gasteiger partial charge in [0.1, 0.15) is 5.01 Å². The lowest BCUT2D eigenvalue weighted by Crippen LogP contribution is -2.12. The zero-order chi connectivity index (χ0) is 20.7. The van der Waals surface area contributed by atoms with Crippen LogP contribution in [0.5, 0.6) is 0 Å². The highest BCUT2D eigenvalue weighted by Crippen LogP contribution is 2.31. The average molecular weight is 414 g/mol. The van der Waals surface area contributed by atoms with Gasteiger partial charge in [-0.05, 0) is 44.2 Å². The van der Waals surface area contributed by atoms with E-state index in [9.17, 15) is 4.79 Å². The average Bonchev–Trinajstić information content (AvgIpc) is 3.37. The molecular formula is C23H19N5OS. The third-order valence-corrected chi connectivity index (χ3v) is 5.93. The van der Waals surface area contributed by atoms with Crippen LogP contribution < -0.4 is 5.32 Å². The lowest BCUT2D eigenvalue weighted by Gasteiger charge is -2.08. The minimum Gasteiger partial charge on any atom is -0.322 e. The Hall–Kier alpha value is -3.58. The van der Waals surface area contributed by atoms with Crippen LogP contribution in [0, 0.1) is 0 Å². The molecule has 3 heterocycles. The van der Waals surface area contributed by atoms with E-state index in [1.54, 1.807) is 23.7 Å². The summed E-state index contributed by atoms with van der Waals surface area (Å²) in [6, 6.07) is 17.8. The van der Waals surface area contributed by atoms with Crippen LogP contribution in [0.25, 0.3) is 31.8 Å². The molecule has 3 aromatic heterocycles. The van der Waals surface area contributed by atoms with Gasteiger partial charge in [0.2, 0.25) is 0 Å². The lowest BCUT2D eigenvalue weighted by molar-refractivity contribution is 0.102. The third-order valence-electron chi connectivity index (χ3n) is 4.85. The number of anilines is 1. The Morgan fingerprint density at radius 2 is 1.93 bits per heavy atom. The monoisotopic (exact) mass is 413 g/mol. The van der Waals surface area contributed by atoms with Crippen LogP contribution in [0.4, 0.5) is 5.69 Å². The molecular weight excluding hydrogens is 394 g/mol. The third kappa shape index (κ3) is 3.33. The van der Waals surface area contributed by atoms with Crippen LogP contribution >= 0.6 is 11.3 Å². The number of hydrogen-bond donors (Lipinski definition) is 1. The van der Waals surface area contributed by atoms with Crippen molar-refractivity contribution < 1.29 is 4.79 Å². The predicted molar refractivity (Wildman–Crippen MR) is 121 cm³/mol. The van der Waals surface area contributed by atoms with Crippen LogP contribution in [0.1, 0.15) is 30.2 Å². The second-order valence-electron chi connectivity index (χ2n) is 7.34. The second-order valence-corrected chi connectivity index (χ2v) is 8.37. The fourth-order valence-corrected chi connectivity index (χ4v) is 4.33. The molecule has 6 nitrogen and oxygen atoms in total. The molecule has 0 saturated heterocycles. The SMILES string of the molecule is CC(C)n1ncc2cc(C(=O)Nc3cccc(-c4nc5ccccc5s4)c3)cnc21. The topological polar surface area (TPSA) is 72.7 Å². The van der Waals surface area contributed by atoms with Crippen molar-refractivity contribution in [2.24, 2.45) is 0 Å². The molecule has 7 heteroatoms. The maximum atomic E-state index is 12.8. The Morgan fingerprint density at radius 1 is 1.07 bits per heavy atom. The summed E-state index contributed by atoms with van der Waals surface area (Å²) >= 11 is 1.64. The smallest absolute Gasteiger partial charge is 0.257 e. The Kier molecular flexibility index (Phi) is 4.52. The number of rotatable bonds is 4. The quantitative estimate of drug-likeness (QED) is 0.420. The first-order valence-corrected chi connectivity index (χ1v) is 10.5. The van der Waals surface area contributed by atoms with Gasteiger partial charge in [0.15, 0.2) is 5.65 Å². The van der Waals surface area contributed by atoms with Gasteiger partial charge in [0, 0.05) is 28.9 Å².